The number of anilines is 1. The number of imidazole rings is 1. The second-order valence-corrected chi connectivity index (χ2v) is 8.25. The van der Waals surface area contributed by atoms with Crippen molar-refractivity contribution in [3.63, 3.8) is 0 Å². The third-order valence-electron chi connectivity index (χ3n) is 5.63. The van der Waals surface area contributed by atoms with Crippen LogP contribution in [0.5, 0.6) is 5.75 Å². The smallest absolute Gasteiger partial charge is 0.214 e. The van der Waals surface area contributed by atoms with Crippen molar-refractivity contribution in [3.8, 4) is 17.0 Å². The van der Waals surface area contributed by atoms with Gasteiger partial charge in [0, 0.05) is 36.8 Å². The van der Waals surface area contributed by atoms with Crippen molar-refractivity contribution in [1.82, 2.24) is 19.9 Å². The van der Waals surface area contributed by atoms with E-state index in [2.05, 4.69) is 15.2 Å². The van der Waals surface area contributed by atoms with Crippen LogP contribution in [0.2, 0.25) is 0 Å². The molecule has 5 rings (SSSR count). The number of ether oxygens (including phenoxy) is 2. The fourth-order valence-electron chi connectivity index (χ4n) is 4.02. The maximum Gasteiger partial charge on any atom is 0.214 e. The number of nitrogens with zero attached hydrogens (tertiary/aromatic N) is 4. The summed E-state index contributed by atoms with van der Waals surface area (Å²) in [7, 11) is 1.54. The number of hydrogen-bond donors (Lipinski definition) is 1. The van der Waals surface area contributed by atoms with Crippen LogP contribution >= 0.6 is 11.3 Å². The lowest BCUT2D eigenvalue weighted by molar-refractivity contribution is 0.0157. The predicted molar refractivity (Wildman–Crippen MR) is 106 cm³/mol. The molecule has 4 heterocycles. The fourth-order valence-corrected chi connectivity index (χ4v) is 4.95. The highest BCUT2D eigenvalue weighted by Crippen LogP contribution is 2.35. The number of piperidine rings is 1. The molecule has 9 heteroatoms. The van der Waals surface area contributed by atoms with E-state index in [1.165, 1.54) is 19.2 Å². The third kappa shape index (κ3) is 3.03. The van der Waals surface area contributed by atoms with Crippen LogP contribution in [0.3, 0.4) is 0 Å². The summed E-state index contributed by atoms with van der Waals surface area (Å²) in [6.45, 7) is 4.37. The monoisotopic (exact) mass is 403 g/mol. The van der Waals surface area contributed by atoms with Gasteiger partial charge in [-0.05, 0) is 25.0 Å². The van der Waals surface area contributed by atoms with Gasteiger partial charge in [-0.3, -0.25) is 0 Å². The average Bonchev–Trinajstić information content (AvgIpc) is 3.30. The zero-order valence-electron chi connectivity index (χ0n) is 15.7. The highest BCUT2D eigenvalue weighted by Gasteiger charge is 2.37. The van der Waals surface area contributed by atoms with Gasteiger partial charge in [0.15, 0.2) is 0 Å². The summed E-state index contributed by atoms with van der Waals surface area (Å²) < 4.78 is 26.4. The highest BCUT2D eigenvalue weighted by atomic mass is 32.1. The van der Waals surface area contributed by atoms with Crippen LogP contribution in [0.15, 0.2) is 24.4 Å². The Kier molecular flexibility index (Phi) is 4.45. The number of benzene rings is 1. The molecule has 0 bridgehead atoms. The first kappa shape index (κ1) is 17.8. The molecule has 0 amide bonds. The van der Waals surface area contributed by atoms with Crippen molar-refractivity contribution in [1.29, 1.82) is 0 Å². The Morgan fingerprint density at radius 1 is 1.32 bits per heavy atom. The molecule has 7 nitrogen and oxygen atoms in total. The van der Waals surface area contributed by atoms with Crippen LogP contribution in [0.1, 0.15) is 12.8 Å². The lowest BCUT2D eigenvalue weighted by Gasteiger charge is -2.44. The summed E-state index contributed by atoms with van der Waals surface area (Å²) in [5, 5.41) is 9.40. The standard InChI is InChI=1S/C19H22FN5O2S/c1-26-16-10-13(20)2-3-14(16)15-11-21-17-25(15)23-18(28-17)24-7-4-19(5-8-24)12-27-9-6-22-19/h2-3,10-11,22H,4-9,12H2,1H3. The normalized spacial score (nSPS) is 19.4. The molecular formula is C19H22FN5O2S. The van der Waals surface area contributed by atoms with Gasteiger partial charge in [-0.1, -0.05) is 11.3 Å². The summed E-state index contributed by atoms with van der Waals surface area (Å²) in [4.78, 5) is 7.63. The van der Waals surface area contributed by atoms with Gasteiger partial charge in [0.1, 0.15) is 11.6 Å². The van der Waals surface area contributed by atoms with Gasteiger partial charge in [0.05, 0.1) is 32.2 Å². The SMILES string of the molecule is COc1cc(F)ccc1-c1cnc2sc(N3CCC4(CC3)COCCN4)nn12. The fraction of sp³-hybridized carbons (Fsp3) is 0.474. The number of halogens is 1. The van der Waals surface area contributed by atoms with Crippen molar-refractivity contribution in [2.24, 2.45) is 0 Å². The van der Waals surface area contributed by atoms with E-state index in [0.29, 0.717) is 5.75 Å². The molecule has 2 saturated heterocycles. The largest absolute Gasteiger partial charge is 0.496 e. The number of nitrogens with one attached hydrogen (secondary N) is 1. The quantitative estimate of drug-likeness (QED) is 0.725. The minimum Gasteiger partial charge on any atom is -0.496 e. The Hall–Kier alpha value is -2.23. The van der Waals surface area contributed by atoms with Gasteiger partial charge < -0.3 is 19.7 Å². The van der Waals surface area contributed by atoms with E-state index >= 15 is 0 Å². The second kappa shape index (κ2) is 6.98. The summed E-state index contributed by atoms with van der Waals surface area (Å²) >= 11 is 1.57. The second-order valence-electron chi connectivity index (χ2n) is 7.31. The van der Waals surface area contributed by atoms with E-state index < -0.39 is 0 Å². The van der Waals surface area contributed by atoms with Gasteiger partial charge in [-0.15, -0.1) is 5.10 Å². The molecule has 0 saturated carbocycles. The number of aromatic nitrogens is 3. The molecular weight excluding hydrogens is 381 g/mol. The summed E-state index contributed by atoms with van der Waals surface area (Å²) in [6, 6.07) is 4.51. The number of fused-ring (bicyclic) bond motifs is 1. The molecule has 28 heavy (non-hydrogen) atoms. The number of hydrogen-bond acceptors (Lipinski definition) is 7. The lowest BCUT2D eigenvalue weighted by atomic mass is 9.87. The first-order valence-corrected chi connectivity index (χ1v) is 10.3. The van der Waals surface area contributed by atoms with Crippen LogP contribution in [-0.4, -0.2) is 60.1 Å². The zero-order valence-corrected chi connectivity index (χ0v) is 16.5. The summed E-state index contributed by atoms with van der Waals surface area (Å²) in [5.74, 6) is 0.141. The van der Waals surface area contributed by atoms with Gasteiger partial charge in [0.25, 0.3) is 0 Å². The Balaban J connectivity index is 1.41. The summed E-state index contributed by atoms with van der Waals surface area (Å²) in [5.41, 5.74) is 1.68. The van der Waals surface area contributed by atoms with Crippen LogP contribution in [0, 0.1) is 5.82 Å². The molecule has 2 aliphatic rings. The molecule has 1 N–H and O–H groups in total. The molecule has 0 atom stereocenters. The van der Waals surface area contributed by atoms with E-state index in [4.69, 9.17) is 14.6 Å². The van der Waals surface area contributed by atoms with Gasteiger partial charge in [0.2, 0.25) is 10.1 Å². The average molecular weight is 403 g/mol. The number of methoxy groups -OCH3 is 1. The van der Waals surface area contributed by atoms with Gasteiger partial charge in [-0.2, -0.15) is 0 Å². The topological polar surface area (TPSA) is 63.9 Å². The Labute approximate surface area is 166 Å². The van der Waals surface area contributed by atoms with Crippen molar-refractivity contribution in [2.75, 3.05) is 44.9 Å². The molecule has 1 spiro atoms. The van der Waals surface area contributed by atoms with Gasteiger partial charge in [-0.25, -0.2) is 13.9 Å². The Bertz CT molecular complexity index is 988. The van der Waals surface area contributed by atoms with Crippen molar-refractivity contribution in [3.05, 3.63) is 30.2 Å². The maximum atomic E-state index is 13.6. The highest BCUT2D eigenvalue weighted by molar-refractivity contribution is 7.20. The summed E-state index contributed by atoms with van der Waals surface area (Å²) in [6.07, 6.45) is 3.83. The van der Waals surface area contributed by atoms with E-state index in [1.807, 2.05) is 4.52 Å². The maximum absolute atomic E-state index is 13.6. The lowest BCUT2D eigenvalue weighted by Crippen LogP contribution is -2.59. The van der Waals surface area contributed by atoms with E-state index in [-0.39, 0.29) is 11.4 Å². The van der Waals surface area contributed by atoms with Crippen LogP contribution in [0.4, 0.5) is 9.52 Å². The Morgan fingerprint density at radius 3 is 2.93 bits per heavy atom. The molecule has 1 aromatic carbocycles. The van der Waals surface area contributed by atoms with E-state index in [1.54, 1.807) is 23.6 Å². The molecule has 2 aromatic heterocycles. The molecule has 148 valence electrons. The molecule has 2 fully saturated rings. The molecule has 0 radical (unpaired) electrons. The van der Waals surface area contributed by atoms with Crippen LogP contribution in [-0.2, 0) is 4.74 Å². The minimum atomic E-state index is -0.331. The van der Waals surface area contributed by atoms with Crippen molar-refractivity contribution >= 4 is 21.4 Å². The molecule has 2 aliphatic heterocycles. The predicted octanol–water partition coefficient (Wildman–Crippen LogP) is 2.56. The molecule has 0 unspecified atom stereocenters. The first-order chi connectivity index (χ1) is 13.7. The number of morpholine rings is 1. The molecule has 0 aliphatic carbocycles. The van der Waals surface area contributed by atoms with E-state index in [0.717, 1.165) is 67.0 Å². The number of rotatable bonds is 3. The van der Waals surface area contributed by atoms with Crippen LogP contribution in [0.25, 0.3) is 16.2 Å². The van der Waals surface area contributed by atoms with Crippen molar-refractivity contribution < 1.29 is 13.9 Å². The molecule has 3 aromatic rings. The minimum absolute atomic E-state index is 0.110. The van der Waals surface area contributed by atoms with Crippen molar-refractivity contribution in [2.45, 2.75) is 18.4 Å². The Morgan fingerprint density at radius 2 is 2.18 bits per heavy atom. The van der Waals surface area contributed by atoms with E-state index in [9.17, 15) is 4.39 Å². The van der Waals surface area contributed by atoms with Gasteiger partial charge >= 0.3 is 0 Å². The first-order valence-electron chi connectivity index (χ1n) is 9.44. The zero-order chi connectivity index (χ0) is 19.1. The van der Waals surface area contributed by atoms with Crippen LogP contribution < -0.4 is 15.0 Å². The third-order valence-corrected chi connectivity index (χ3v) is 6.61.